The minimum atomic E-state index is -1.05. The monoisotopic (exact) mass is 418 g/mol. The van der Waals surface area contributed by atoms with Gasteiger partial charge in [0.15, 0.2) is 18.1 Å². The van der Waals surface area contributed by atoms with Crippen LogP contribution in [0, 0.1) is 0 Å². The Balaban J connectivity index is 1.53. The number of carbonyl (C=O) groups is 2. The number of fused-ring (bicyclic) bond motifs is 2. The zero-order valence-corrected chi connectivity index (χ0v) is 16.3. The smallest absolute Gasteiger partial charge is 0.341 e. The molecule has 156 valence electrons. The van der Waals surface area contributed by atoms with Gasteiger partial charge in [-0.05, 0) is 42.0 Å². The summed E-state index contributed by atoms with van der Waals surface area (Å²) in [5, 5.41) is 12.2. The molecule has 2 heterocycles. The summed E-state index contributed by atoms with van der Waals surface area (Å²) in [7, 11) is 0. The van der Waals surface area contributed by atoms with Gasteiger partial charge in [0.05, 0.1) is 11.3 Å². The molecular formula is C23H18N2O6. The molecule has 0 saturated carbocycles. The van der Waals surface area contributed by atoms with Gasteiger partial charge in [-0.15, -0.1) is 0 Å². The summed E-state index contributed by atoms with van der Waals surface area (Å²) in [6.45, 7) is -0.273. The Bertz CT molecular complexity index is 1160. The van der Waals surface area contributed by atoms with Crippen LogP contribution in [0.15, 0.2) is 66.7 Å². The largest absolute Gasteiger partial charge is 0.482 e. The average molecular weight is 418 g/mol. The Hall–Kier alpha value is -4.20. The van der Waals surface area contributed by atoms with E-state index in [4.69, 9.17) is 19.3 Å². The highest BCUT2D eigenvalue weighted by Crippen LogP contribution is 2.41. The molecule has 0 unspecified atom stereocenters. The highest BCUT2D eigenvalue weighted by molar-refractivity contribution is 6.12. The highest BCUT2D eigenvalue weighted by Gasteiger charge is 2.34. The molecule has 0 aliphatic carbocycles. The molecule has 0 spiro atoms. The SMILES string of the molecule is O=C(O)COc1ccc([C@@H]2Nc3ccccc3C(=O)N2c2ccc3c(c2)OCO3)cc1. The number of rotatable bonds is 5. The molecule has 0 radical (unpaired) electrons. The standard InChI is InChI=1S/C23H18N2O6/c26-21(27)12-29-16-8-5-14(6-9-16)22-24-18-4-2-1-3-17(18)23(28)25(22)15-7-10-19-20(11-15)31-13-30-19/h1-11,22,24H,12-13H2,(H,26,27)/t22-/m1/s1. The van der Waals surface area contributed by atoms with Gasteiger partial charge in [0.1, 0.15) is 11.9 Å². The maximum Gasteiger partial charge on any atom is 0.341 e. The second-order valence-corrected chi connectivity index (χ2v) is 7.06. The van der Waals surface area contributed by atoms with Gasteiger partial charge in [-0.1, -0.05) is 24.3 Å². The zero-order valence-electron chi connectivity index (χ0n) is 16.3. The fourth-order valence-corrected chi connectivity index (χ4v) is 3.68. The number of carboxylic acids is 1. The minimum Gasteiger partial charge on any atom is -0.482 e. The van der Waals surface area contributed by atoms with E-state index in [2.05, 4.69) is 5.32 Å². The molecule has 2 aliphatic rings. The number of nitrogens with zero attached hydrogens (tertiary/aromatic N) is 1. The van der Waals surface area contributed by atoms with Crippen LogP contribution in [0.1, 0.15) is 22.1 Å². The number of nitrogens with one attached hydrogen (secondary N) is 1. The van der Waals surface area contributed by atoms with Crippen LogP contribution < -0.4 is 24.4 Å². The lowest BCUT2D eigenvalue weighted by atomic mass is 10.0. The first-order valence-corrected chi connectivity index (χ1v) is 9.63. The van der Waals surface area contributed by atoms with Crippen LogP contribution in [0.4, 0.5) is 11.4 Å². The lowest BCUT2D eigenvalue weighted by Gasteiger charge is -2.38. The van der Waals surface area contributed by atoms with Gasteiger partial charge in [-0.3, -0.25) is 9.69 Å². The molecule has 0 bridgehead atoms. The first-order chi connectivity index (χ1) is 15.1. The van der Waals surface area contributed by atoms with E-state index in [0.717, 1.165) is 11.3 Å². The van der Waals surface area contributed by atoms with E-state index in [-0.39, 0.29) is 12.7 Å². The van der Waals surface area contributed by atoms with Crippen molar-refractivity contribution >= 4 is 23.3 Å². The van der Waals surface area contributed by atoms with Crippen LogP contribution >= 0.6 is 0 Å². The summed E-state index contributed by atoms with van der Waals surface area (Å²) in [6.07, 6.45) is -0.490. The molecule has 2 aliphatic heterocycles. The zero-order chi connectivity index (χ0) is 21.4. The van der Waals surface area contributed by atoms with E-state index in [1.807, 2.05) is 24.3 Å². The maximum absolute atomic E-state index is 13.5. The maximum atomic E-state index is 13.5. The molecule has 31 heavy (non-hydrogen) atoms. The molecule has 2 N–H and O–H groups in total. The number of aliphatic carboxylic acids is 1. The van der Waals surface area contributed by atoms with Crippen LogP contribution in [0.3, 0.4) is 0 Å². The molecule has 0 aromatic heterocycles. The molecule has 8 heteroatoms. The van der Waals surface area contributed by atoms with Crippen LogP contribution in [0.5, 0.6) is 17.2 Å². The Labute approximate surface area is 177 Å². The van der Waals surface area contributed by atoms with Crippen molar-refractivity contribution in [1.29, 1.82) is 0 Å². The van der Waals surface area contributed by atoms with Crippen molar-refractivity contribution in [1.82, 2.24) is 0 Å². The number of carbonyl (C=O) groups excluding carboxylic acids is 1. The molecule has 3 aromatic carbocycles. The summed E-state index contributed by atoms with van der Waals surface area (Å²) in [5.74, 6) is 0.459. The van der Waals surface area contributed by atoms with Crippen molar-refractivity contribution in [3.63, 3.8) is 0 Å². The van der Waals surface area contributed by atoms with Gasteiger partial charge >= 0.3 is 5.97 Å². The van der Waals surface area contributed by atoms with E-state index in [1.165, 1.54) is 0 Å². The Kier molecular flexibility index (Phi) is 4.59. The van der Waals surface area contributed by atoms with Gasteiger partial charge in [0, 0.05) is 11.8 Å². The quantitative estimate of drug-likeness (QED) is 0.653. The van der Waals surface area contributed by atoms with Gasteiger partial charge < -0.3 is 24.6 Å². The van der Waals surface area contributed by atoms with Crippen molar-refractivity contribution in [2.75, 3.05) is 23.6 Å². The normalized spacial score (nSPS) is 16.5. The van der Waals surface area contributed by atoms with Gasteiger partial charge in [0.25, 0.3) is 5.91 Å². The summed E-state index contributed by atoms with van der Waals surface area (Å²) in [6, 6.07) is 19.7. The Morgan fingerprint density at radius 2 is 1.84 bits per heavy atom. The van der Waals surface area contributed by atoms with Crippen molar-refractivity contribution < 1.29 is 28.9 Å². The van der Waals surface area contributed by atoms with E-state index in [1.54, 1.807) is 47.4 Å². The highest BCUT2D eigenvalue weighted by atomic mass is 16.7. The lowest BCUT2D eigenvalue weighted by Crippen LogP contribution is -2.43. The predicted molar refractivity (Wildman–Crippen MR) is 112 cm³/mol. The Morgan fingerprint density at radius 1 is 1.06 bits per heavy atom. The number of carboxylic acid groups (broad SMARTS) is 1. The molecule has 0 fully saturated rings. The molecule has 0 saturated heterocycles. The van der Waals surface area contributed by atoms with Crippen molar-refractivity contribution in [3.8, 4) is 17.2 Å². The second kappa shape index (κ2) is 7.56. The van der Waals surface area contributed by atoms with Crippen molar-refractivity contribution in [2.24, 2.45) is 0 Å². The number of amides is 1. The second-order valence-electron chi connectivity index (χ2n) is 7.06. The number of hydrogen-bond donors (Lipinski definition) is 2. The molecule has 3 aromatic rings. The van der Waals surface area contributed by atoms with Gasteiger partial charge in [-0.25, -0.2) is 4.79 Å². The van der Waals surface area contributed by atoms with Crippen LogP contribution in [0.2, 0.25) is 0 Å². The third kappa shape index (κ3) is 3.48. The van der Waals surface area contributed by atoms with Crippen LogP contribution in [-0.4, -0.2) is 30.4 Å². The van der Waals surface area contributed by atoms with Crippen molar-refractivity contribution in [3.05, 3.63) is 77.9 Å². The molecule has 5 rings (SSSR count). The Morgan fingerprint density at radius 3 is 2.65 bits per heavy atom. The fraction of sp³-hybridized carbons (Fsp3) is 0.130. The van der Waals surface area contributed by atoms with Gasteiger partial charge in [-0.2, -0.15) is 0 Å². The van der Waals surface area contributed by atoms with Crippen molar-refractivity contribution in [2.45, 2.75) is 6.17 Å². The lowest BCUT2D eigenvalue weighted by molar-refractivity contribution is -0.139. The van der Waals surface area contributed by atoms with E-state index in [0.29, 0.717) is 28.5 Å². The fourth-order valence-electron chi connectivity index (χ4n) is 3.68. The molecule has 8 nitrogen and oxygen atoms in total. The molecule has 1 amide bonds. The number of benzene rings is 3. The molecular weight excluding hydrogens is 400 g/mol. The van der Waals surface area contributed by atoms with E-state index < -0.39 is 18.7 Å². The van der Waals surface area contributed by atoms with Gasteiger partial charge in [0.2, 0.25) is 6.79 Å². The predicted octanol–water partition coefficient (Wildman–Crippen LogP) is 3.65. The molecule has 1 atom stereocenters. The summed E-state index contributed by atoms with van der Waals surface area (Å²) >= 11 is 0. The van der Waals surface area contributed by atoms with Crippen LogP contribution in [-0.2, 0) is 4.79 Å². The number of anilines is 2. The number of para-hydroxylation sites is 1. The third-order valence-electron chi connectivity index (χ3n) is 5.12. The number of ether oxygens (including phenoxy) is 3. The summed E-state index contributed by atoms with van der Waals surface area (Å²) < 4.78 is 16.1. The third-order valence-corrected chi connectivity index (χ3v) is 5.12. The van der Waals surface area contributed by atoms with Crippen LogP contribution in [0.25, 0.3) is 0 Å². The first-order valence-electron chi connectivity index (χ1n) is 9.63. The van der Waals surface area contributed by atoms with E-state index in [9.17, 15) is 9.59 Å². The average Bonchev–Trinajstić information content (AvgIpc) is 3.26. The summed E-state index contributed by atoms with van der Waals surface area (Å²) in [4.78, 5) is 25.9. The van der Waals surface area contributed by atoms with E-state index >= 15 is 0 Å². The number of hydrogen-bond acceptors (Lipinski definition) is 6. The topological polar surface area (TPSA) is 97.3 Å². The minimum absolute atomic E-state index is 0.148. The first kappa shape index (κ1) is 18.8. The summed E-state index contributed by atoms with van der Waals surface area (Å²) in [5.41, 5.74) is 2.77.